The molecule has 17 heavy (non-hydrogen) atoms. The third-order valence-corrected chi connectivity index (χ3v) is 3.98. The first-order valence-corrected chi connectivity index (χ1v) is 6.23. The highest BCUT2D eigenvalue weighted by atomic mass is 79.9. The molecule has 4 heteroatoms. The fraction of sp³-hybridized carbons (Fsp3) is 0.385. The molecule has 3 nitrogen and oxygen atoms in total. The van der Waals surface area contributed by atoms with Gasteiger partial charge in [-0.25, -0.2) is 0 Å². The molecule has 0 radical (unpaired) electrons. The minimum absolute atomic E-state index is 0.390. The Morgan fingerprint density at radius 1 is 1.29 bits per heavy atom. The summed E-state index contributed by atoms with van der Waals surface area (Å²) in [5, 5.41) is 0. The van der Waals surface area contributed by atoms with Crippen LogP contribution in [0.2, 0.25) is 0 Å². The summed E-state index contributed by atoms with van der Waals surface area (Å²) in [4.78, 5) is 23.1. The fourth-order valence-corrected chi connectivity index (χ4v) is 2.25. The monoisotopic (exact) mass is 296 g/mol. The third kappa shape index (κ3) is 2.14. The summed E-state index contributed by atoms with van der Waals surface area (Å²) in [5.74, 6) is -1.23. The first kappa shape index (κ1) is 12.3. The number of hydrogen-bond donors (Lipinski definition) is 0. The van der Waals surface area contributed by atoms with Gasteiger partial charge in [-0.3, -0.25) is 9.59 Å². The van der Waals surface area contributed by atoms with Crippen LogP contribution in [-0.4, -0.2) is 11.9 Å². The highest BCUT2D eigenvalue weighted by Crippen LogP contribution is 2.39. The van der Waals surface area contributed by atoms with Gasteiger partial charge >= 0.3 is 11.9 Å². The molecule has 1 fully saturated rings. The van der Waals surface area contributed by atoms with Crippen LogP contribution in [0.15, 0.2) is 28.7 Å². The van der Waals surface area contributed by atoms with Crippen molar-refractivity contribution in [1.29, 1.82) is 0 Å². The highest BCUT2D eigenvalue weighted by molar-refractivity contribution is 9.10. The Balaban J connectivity index is 2.25. The van der Waals surface area contributed by atoms with Crippen LogP contribution in [0.25, 0.3) is 0 Å². The van der Waals surface area contributed by atoms with Crippen molar-refractivity contribution < 1.29 is 14.3 Å². The molecule has 2 rings (SSSR count). The quantitative estimate of drug-likeness (QED) is 0.622. The van der Waals surface area contributed by atoms with Gasteiger partial charge < -0.3 is 4.74 Å². The van der Waals surface area contributed by atoms with Gasteiger partial charge in [0.25, 0.3) is 0 Å². The van der Waals surface area contributed by atoms with Gasteiger partial charge in [0, 0.05) is 4.47 Å². The average molecular weight is 297 g/mol. The summed E-state index contributed by atoms with van der Waals surface area (Å²) < 4.78 is 5.69. The molecular formula is C13H13BrO3. The van der Waals surface area contributed by atoms with Crippen molar-refractivity contribution in [2.45, 2.75) is 20.3 Å². The van der Waals surface area contributed by atoms with Gasteiger partial charge in [0.2, 0.25) is 0 Å². The van der Waals surface area contributed by atoms with Gasteiger partial charge in [-0.1, -0.05) is 35.0 Å². The minimum atomic E-state index is -0.745. The van der Waals surface area contributed by atoms with Crippen LogP contribution in [0.5, 0.6) is 0 Å². The Morgan fingerprint density at radius 2 is 1.88 bits per heavy atom. The van der Waals surface area contributed by atoms with E-state index in [0.29, 0.717) is 6.42 Å². The SMILES string of the molecule is CC1C(=O)OC(=O)C1(C)Cc1ccc(Br)cc1. The maximum atomic E-state index is 11.7. The summed E-state index contributed by atoms with van der Waals surface area (Å²) in [6.45, 7) is 3.53. The first-order chi connectivity index (χ1) is 7.93. The molecule has 0 spiro atoms. The van der Waals surface area contributed by atoms with Crippen LogP contribution >= 0.6 is 15.9 Å². The van der Waals surface area contributed by atoms with E-state index in [-0.39, 0.29) is 0 Å². The predicted molar refractivity (Wildman–Crippen MR) is 66.2 cm³/mol. The van der Waals surface area contributed by atoms with E-state index < -0.39 is 23.3 Å². The van der Waals surface area contributed by atoms with E-state index in [1.807, 2.05) is 24.3 Å². The van der Waals surface area contributed by atoms with E-state index in [4.69, 9.17) is 4.74 Å². The largest absolute Gasteiger partial charge is 0.392 e. The summed E-state index contributed by atoms with van der Waals surface area (Å²) in [6, 6.07) is 7.73. The molecule has 1 aromatic carbocycles. The number of hydrogen-bond acceptors (Lipinski definition) is 3. The Kier molecular flexibility index (Phi) is 3.08. The lowest BCUT2D eigenvalue weighted by Crippen LogP contribution is -2.31. The summed E-state index contributed by atoms with van der Waals surface area (Å²) in [7, 11) is 0. The fourth-order valence-electron chi connectivity index (χ4n) is 1.98. The zero-order valence-electron chi connectivity index (χ0n) is 9.70. The van der Waals surface area contributed by atoms with Gasteiger partial charge in [-0.05, 0) is 31.0 Å². The zero-order chi connectivity index (χ0) is 12.6. The lowest BCUT2D eigenvalue weighted by Gasteiger charge is -2.22. The molecule has 1 aliphatic rings. The number of cyclic esters (lactones) is 2. The Morgan fingerprint density at radius 3 is 2.35 bits per heavy atom. The second-order valence-corrected chi connectivity index (χ2v) is 5.57. The Labute approximate surface area is 108 Å². The van der Waals surface area contributed by atoms with E-state index in [0.717, 1.165) is 10.0 Å². The van der Waals surface area contributed by atoms with Crippen LogP contribution < -0.4 is 0 Å². The van der Waals surface area contributed by atoms with Crippen molar-refractivity contribution in [3.63, 3.8) is 0 Å². The lowest BCUT2D eigenvalue weighted by molar-refractivity contribution is -0.155. The molecule has 1 heterocycles. The van der Waals surface area contributed by atoms with Gasteiger partial charge in [0.15, 0.2) is 0 Å². The number of carbonyl (C=O) groups is 2. The van der Waals surface area contributed by atoms with Gasteiger partial charge in [-0.2, -0.15) is 0 Å². The normalized spacial score (nSPS) is 28.3. The van der Waals surface area contributed by atoms with Crippen molar-refractivity contribution in [3.8, 4) is 0 Å². The van der Waals surface area contributed by atoms with Gasteiger partial charge in [0.05, 0.1) is 11.3 Å². The van der Waals surface area contributed by atoms with Gasteiger partial charge in [0.1, 0.15) is 0 Å². The number of ether oxygens (including phenoxy) is 1. The van der Waals surface area contributed by atoms with Crippen LogP contribution in [0.3, 0.4) is 0 Å². The Hall–Kier alpha value is -1.16. The van der Waals surface area contributed by atoms with Crippen molar-refractivity contribution in [2.24, 2.45) is 11.3 Å². The molecule has 0 aromatic heterocycles. The van der Waals surface area contributed by atoms with Crippen molar-refractivity contribution in [2.75, 3.05) is 0 Å². The van der Waals surface area contributed by atoms with Gasteiger partial charge in [-0.15, -0.1) is 0 Å². The summed E-state index contributed by atoms with van der Waals surface area (Å²) in [5.41, 5.74) is 0.277. The van der Waals surface area contributed by atoms with Crippen molar-refractivity contribution in [3.05, 3.63) is 34.3 Å². The van der Waals surface area contributed by atoms with Crippen molar-refractivity contribution in [1.82, 2.24) is 0 Å². The van der Waals surface area contributed by atoms with E-state index in [2.05, 4.69) is 15.9 Å². The molecule has 0 saturated carbocycles. The molecule has 90 valence electrons. The number of rotatable bonds is 2. The van der Waals surface area contributed by atoms with E-state index >= 15 is 0 Å². The maximum Gasteiger partial charge on any atom is 0.320 e. The van der Waals surface area contributed by atoms with Crippen LogP contribution in [0.1, 0.15) is 19.4 Å². The molecule has 0 bridgehead atoms. The topological polar surface area (TPSA) is 43.4 Å². The molecule has 1 aliphatic heterocycles. The molecular weight excluding hydrogens is 284 g/mol. The summed E-state index contributed by atoms with van der Waals surface area (Å²) in [6.07, 6.45) is 0.520. The van der Waals surface area contributed by atoms with Crippen molar-refractivity contribution >= 4 is 27.9 Å². The highest BCUT2D eigenvalue weighted by Gasteiger charge is 2.51. The molecule has 2 atom stereocenters. The lowest BCUT2D eigenvalue weighted by atomic mass is 9.75. The first-order valence-electron chi connectivity index (χ1n) is 5.44. The molecule has 1 saturated heterocycles. The predicted octanol–water partition coefficient (Wildman–Crippen LogP) is 2.72. The second kappa shape index (κ2) is 4.26. The molecule has 2 unspecified atom stereocenters. The second-order valence-electron chi connectivity index (χ2n) is 4.65. The van der Waals surface area contributed by atoms with E-state index in [1.54, 1.807) is 13.8 Å². The van der Waals surface area contributed by atoms with Crippen LogP contribution in [0, 0.1) is 11.3 Å². The molecule has 0 aliphatic carbocycles. The number of carbonyl (C=O) groups excluding carboxylic acids is 2. The molecule has 0 N–H and O–H groups in total. The van der Waals surface area contributed by atoms with E-state index in [1.165, 1.54) is 0 Å². The molecule has 0 amide bonds. The maximum absolute atomic E-state index is 11.7. The third-order valence-electron chi connectivity index (χ3n) is 3.45. The van der Waals surface area contributed by atoms with Crippen LogP contribution in [0.4, 0.5) is 0 Å². The minimum Gasteiger partial charge on any atom is -0.392 e. The molecule has 1 aromatic rings. The summed E-state index contributed by atoms with van der Waals surface area (Å²) >= 11 is 3.36. The van der Waals surface area contributed by atoms with E-state index in [9.17, 15) is 9.59 Å². The van der Waals surface area contributed by atoms with Crippen LogP contribution in [-0.2, 0) is 20.7 Å². The number of esters is 2. The smallest absolute Gasteiger partial charge is 0.320 e. The zero-order valence-corrected chi connectivity index (χ0v) is 11.3. The average Bonchev–Trinajstić information content (AvgIpc) is 2.47. The Bertz CT molecular complexity index is 466. The number of halogens is 1. The standard InChI is InChI=1S/C13H13BrO3/c1-8-11(15)17-12(16)13(8,2)7-9-3-5-10(14)6-4-9/h3-6,8H,7H2,1-2H3. The number of benzene rings is 1.